The molecule has 2 aromatic heterocycles. The topological polar surface area (TPSA) is 91.7 Å². The van der Waals surface area contributed by atoms with Gasteiger partial charge in [0.05, 0.1) is 25.1 Å². The molecule has 1 saturated heterocycles. The molecular weight excluding hydrogens is 274 g/mol. The molecule has 2 N–H and O–H groups in total. The highest BCUT2D eigenvalue weighted by Crippen LogP contribution is 2.17. The maximum atomic E-state index is 12.3. The van der Waals surface area contributed by atoms with Crippen LogP contribution >= 0.6 is 0 Å². The molecule has 3 rings (SSSR count). The van der Waals surface area contributed by atoms with Gasteiger partial charge in [0.2, 0.25) is 0 Å². The summed E-state index contributed by atoms with van der Waals surface area (Å²) in [6, 6.07) is 3.35. The highest BCUT2D eigenvalue weighted by molar-refractivity contribution is 5.91. The van der Waals surface area contributed by atoms with Crippen LogP contribution in [0.25, 0.3) is 0 Å². The number of likely N-dealkylation sites (tertiary alicyclic amines) is 1. The SMILES string of the molecule is O=C(c1ccc(Cn2ccnc2)o1)N1C[C@H](O)C[C@@H](O)C1. The van der Waals surface area contributed by atoms with Gasteiger partial charge in [0.25, 0.3) is 5.91 Å². The summed E-state index contributed by atoms with van der Waals surface area (Å²) >= 11 is 0. The fourth-order valence-electron chi connectivity index (χ4n) is 2.51. The van der Waals surface area contributed by atoms with Crippen molar-refractivity contribution in [2.75, 3.05) is 13.1 Å². The molecule has 21 heavy (non-hydrogen) atoms. The second-order valence-electron chi connectivity index (χ2n) is 5.25. The number of amides is 1. The van der Waals surface area contributed by atoms with Gasteiger partial charge < -0.3 is 24.1 Å². The van der Waals surface area contributed by atoms with Gasteiger partial charge in [-0.1, -0.05) is 0 Å². The maximum absolute atomic E-state index is 12.3. The summed E-state index contributed by atoms with van der Waals surface area (Å²) in [5.41, 5.74) is 0. The van der Waals surface area contributed by atoms with Gasteiger partial charge in [0.15, 0.2) is 5.76 Å². The minimum atomic E-state index is -0.696. The van der Waals surface area contributed by atoms with Gasteiger partial charge >= 0.3 is 0 Å². The van der Waals surface area contributed by atoms with Crippen molar-refractivity contribution in [3.8, 4) is 0 Å². The zero-order valence-corrected chi connectivity index (χ0v) is 11.4. The van der Waals surface area contributed by atoms with E-state index in [-0.39, 0.29) is 24.8 Å². The molecule has 0 spiro atoms. The van der Waals surface area contributed by atoms with Crippen LogP contribution in [0.2, 0.25) is 0 Å². The van der Waals surface area contributed by atoms with E-state index in [4.69, 9.17) is 4.42 Å². The molecule has 0 unspecified atom stereocenters. The molecule has 0 aliphatic carbocycles. The number of imidazole rings is 1. The van der Waals surface area contributed by atoms with Crippen LogP contribution < -0.4 is 0 Å². The average Bonchev–Trinajstić information content (AvgIpc) is 3.09. The van der Waals surface area contributed by atoms with Crippen LogP contribution in [0.15, 0.2) is 35.3 Å². The Bertz CT molecular complexity index is 598. The molecule has 0 bridgehead atoms. The number of aliphatic hydroxyl groups excluding tert-OH is 2. The molecule has 1 amide bonds. The predicted molar refractivity (Wildman–Crippen MR) is 72.6 cm³/mol. The van der Waals surface area contributed by atoms with Gasteiger partial charge in [-0.05, 0) is 12.1 Å². The van der Waals surface area contributed by atoms with Gasteiger partial charge in [-0.25, -0.2) is 4.98 Å². The standard InChI is InChI=1S/C14H17N3O4/c18-10-5-11(19)7-17(6-10)14(20)13-2-1-12(21-13)8-16-4-3-15-9-16/h1-4,9-11,18-19H,5-8H2/t10-,11-/m1/s1. The number of aliphatic hydroxyl groups is 2. The largest absolute Gasteiger partial charge is 0.454 e. The Morgan fingerprint density at radius 1 is 1.33 bits per heavy atom. The number of hydrogen-bond acceptors (Lipinski definition) is 5. The summed E-state index contributed by atoms with van der Waals surface area (Å²) in [6.07, 6.45) is 4.05. The number of piperidine rings is 1. The van der Waals surface area contributed by atoms with Crippen molar-refractivity contribution in [3.63, 3.8) is 0 Å². The summed E-state index contributed by atoms with van der Waals surface area (Å²) in [4.78, 5) is 17.7. The first-order valence-electron chi connectivity index (χ1n) is 6.81. The third kappa shape index (κ3) is 3.14. The smallest absolute Gasteiger partial charge is 0.289 e. The molecule has 1 aliphatic rings. The lowest BCUT2D eigenvalue weighted by Crippen LogP contribution is -2.48. The van der Waals surface area contributed by atoms with E-state index in [0.717, 1.165) is 0 Å². The van der Waals surface area contributed by atoms with Crippen LogP contribution in [0.1, 0.15) is 22.7 Å². The number of carbonyl (C=O) groups is 1. The Kier molecular flexibility index (Phi) is 3.76. The Morgan fingerprint density at radius 2 is 2.10 bits per heavy atom. The summed E-state index contributed by atoms with van der Waals surface area (Å²) in [5.74, 6) is 0.547. The molecule has 7 nitrogen and oxygen atoms in total. The molecule has 0 radical (unpaired) electrons. The fraction of sp³-hybridized carbons (Fsp3) is 0.429. The van der Waals surface area contributed by atoms with Crippen LogP contribution in [0.3, 0.4) is 0 Å². The molecule has 1 fully saturated rings. The van der Waals surface area contributed by atoms with E-state index in [1.54, 1.807) is 30.9 Å². The number of carbonyl (C=O) groups excluding carboxylic acids is 1. The first-order valence-corrected chi connectivity index (χ1v) is 6.81. The molecular formula is C14H17N3O4. The van der Waals surface area contributed by atoms with Gasteiger partial charge in [-0.2, -0.15) is 0 Å². The zero-order valence-electron chi connectivity index (χ0n) is 11.4. The minimum Gasteiger partial charge on any atom is -0.454 e. The lowest BCUT2D eigenvalue weighted by molar-refractivity contribution is -0.00510. The second kappa shape index (κ2) is 5.71. The minimum absolute atomic E-state index is 0.214. The Labute approximate surface area is 121 Å². The van der Waals surface area contributed by atoms with E-state index in [1.165, 1.54) is 4.90 Å². The third-order valence-corrected chi connectivity index (χ3v) is 3.46. The van der Waals surface area contributed by atoms with Crippen molar-refractivity contribution in [1.82, 2.24) is 14.5 Å². The summed E-state index contributed by atoms with van der Waals surface area (Å²) in [6.45, 7) is 0.930. The lowest BCUT2D eigenvalue weighted by Gasteiger charge is -2.32. The number of rotatable bonds is 3. The van der Waals surface area contributed by atoms with Crippen molar-refractivity contribution in [1.29, 1.82) is 0 Å². The highest BCUT2D eigenvalue weighted by Gasteiger charge is 2.29. The van der Waals surface area contributed by atoms with Crippen LogP contribution in [0, 0.1) is 0 Å². The monoisotopic (exact) mass is 291 g/mol. The van der Waals surface area contributed by atoms with Crippen LogP contribution in [-0.2, 0) is 6.54 Å². The number of nitrogens with zero attached hydrogens (tertiary/aromatic N) is 3. The number of furan rings is 1. The van der Waals surface area contributed by atoms with Crippen LogP contribution in [-0.4, -0.2) is 55.9 Å². The van der Waals surface area contributed by atoms with Crippen molar-refractivity contribution in [3.05, 3.63) is 42.4 Å². The summed E-state index contributed by atoms with van der Waals surface area (Å²) in [5, 5.41) is 19.3. The molecule has 7 heteroatoms. The van der Waals surface area contributed by atoms with E-state index >= 15 is 0 Å². The first kappa shape index (κ1) is 13.8. The van der Waals surface area contributed by atoms with Crippen molar-refractivity contribution in [2.24, 2.45) is 0 Å². The quantitative estimate of drug-likeness (QED) is 0.836. The number of hydrogen-bond donors (Lipinski definition) is 2. The Hall–Kier alpha value is -2.12. The Balaban J connectivity index is 1.69. The highest BCUT2D eigenvalue weighted by atomic mass is 16.4. The third-order valence-electron chi connectivity index (χ3n) is 3.46. The molecule has 0 saturated carbocycles. The van der Waals surface area contributed by atoms with Crippen LogP contribution in [0.4, 0.5) is 0 Å². The fourth-order valence-corrected chi connectivity index (χ4v) is 2.51. The summed E-state index contributed by atoms with van der Waals surface area (Å²) in [7, 11) is 0. The predicted octanol–water partition coefficient (Wildman–Crippen LogP) is 0.0921. The van der Waals surface area contributed by atoms with Gasteiger partial charge in [0.1, 0.15) is 5.76 Å². The average molecular weight is 291 g/mol. The van der Waals surface area contributed by atoms with E-state index < -0.39 is 12.2 Å². The van der Waals surface area contributed by atoms with Crippen molar-refractivity contribution in [2.45, 2.75) is 25.2 Å². The number of aromatic nitrogens is 2. The lowest BCUT2D eigenvalue weighted by atomic mass is 10.1. The molecule has 0 aromatic carbocycles. The number of β-amino-alcohol motifs (C(OH)–C–C–N with tert-alkyl or cyclic N) is 2. The van der Waals surface area contributed by atoms with Gasteiger partial charge in [-0.3, -0.25) is 4.79 Å². The van der Waals surface area contributed by atoms with Gasteiger partial charge in [-0.15, -0.1) is 0 Å². The van der Waals surface area contributed by atoms with Crippen molar-refractivity contribution >= 4 is 5.91 Å². The summed E-state index contributed by atoms with van der Waals surface area (Å²) < 4.78 is 7.37. The van der Waals surface area contributed by atoms with E-state index in [9.17, 15) is 15.0 Å². The normalized spacial score (nSPS) is 22.5. The van der Waals surface area contributed by atoms with E-state index in [2.05, 4.69) is 4.98 Å². The Morgan fingerprint density at radius 3 is 2.76 bits per heavy atom. The van der Waals surface area contributed by atoms with E-state index in [1.807, 2.05) is 4.57 Å². The molecule has 112 valence electrons. The molecule has 1 aliphatic heterocycles. The molecule has 2 atom stereocenters. The van der Waals surface area contributed by atoms with Crippen LogP contribution in [0.5, 0.6) is 0 Å². The van der Waals surface area contributed by atoms with Gasteiger partial charge in [0, 0.05) is 31.9 Å². The van der Waals surface area contributed by atoms with Crippen molar-refractivity contribution < 1.29 is 19.4 Å². The zero-order chi connectivity index (χ0) is 14.8. The maximum Gasteiger partial charge on any atom is 0.289 e. The molecule has 2 aromatic rings. The van der Waals surface area contributed by atoms with E-state index in [0.29, 0.717) is 18.7 Å². The molecule has 3 heterocycles. The first-order chi connectivity index (χ1) is 10.1. The second-order valence-corrected chi connectivity index (χ2v) is 5.25.